The predicted molar refractivity (Wildman–Crippen MR) is 77.7 cm³/mol. The van der Waals surface area contributed by atoms with Crippen molar-refractivity contribution in [2.75, 3.05) is 6.54 Å². The third kappa shape index (κ3) is 3.83. The Bertz CT molecular complexity index is 495. The first kappa shape index (κ1) is 13.6. The van der Waals surface area contributed by atoms with Crippen LogP contribution in [0.2, 0.25) is 0 Å². The monoisotopic (exact) mass is 326 g/mol. The van der Waals surface area contributed by atoms with Gasteiger partial charge in [-0.15, -0.1) is 10.2 Å². The maximum absolute atomic E-state index is 4.32. The zero-order chi connectivity index (χ0) is 13.0. The molecule has 2 aromatic heterocycles. The maximum atomic E-state index is 4.32. The molecule has 0 atom stereocenters. The highest BCUT2D eigenvalue weighted by molar-refractivity contribution is 9.10. The summed E-state index contributed by atoms with van der Waals surface area (Å²) in [6.07, 6.45) is 2.68. The molecule has 0 fully saturated rings. The number of pyridine rings is 1. The molecule has 4 nitrogen and oxygen atoms in total. The molecule has 0 unspecified atom stereocenters. The van der Waals surface area contributed by atoms with E-state index in [0.29, 0.717) is 6.04 Å². The van der Waals surface area contributed by atoms with Crippen LogP contribution >= 0.6 is 27.3 Å². The van der Waals surface area contributed by atoms with E-state index in [9.17, 15) is 0 Å². The summed E-state index contributed by atoms with van der Waals surface area (Å²) in [5.41, 5.74) is 0.874. The topological polar surface area (TPSA) is 50.7 Å². The summed E-state index contributed by atoms with van der Waals surface area (Å²) in [4.78, 5) is 4.32. The molecule has 0 radical (unpaired) electrons. The van der Waals surface area contributed by atoms with Crippen molar-refractivity contribution < 1.29 is 0 Å². The Hall–Kier alpha value is -0.850. The Kier molecular flexibility index (Phi) is 4.79. The highest BCUT2D eigenvalue weighted by Crippen LogP contribution is 2.22. The van der Waals surface area contributed by atoms with Gasteiger partial charge in [-0.2, -0.15) is 0 Å². The van der Waals surface area contributed by atoms with E-state index < -0.39 is 0 Å². The molecular formula is C12H15BrN4S. The van der Waals surface area contributed by atoms with E-state index in [1.807, 2.05) is 12.1 Å². The summed E-state index contributed by atoms with van der Waals surface area (Å²) in [7, 11) is 0. The lowest BCUT2D eigenvalue weighted by atomic mass is 10.3. The molecule has 18 heavy (non-hydrogen) atoms. The van der Waals surface area contributed by atoms with Crippen LogP contribution in [-0.4, -0.2) is 27.8 Å². The van der Waals surface area contributed by atoms with Crippen LogP contribution in [0, 0.1) is 0 Å². The van der Waals surface area contributed by atoms with Crippen molar-refractivity contribution in [3.63, 3.8) is 0 Å². The standard InChI is InChI=1S/C12H15BrN4S/c1-8(2)14-6-5-11-16-17-12(18-11)10-4-3-9(13)7-15-10/h3-4,7-8,14H,5-6H2,1-2H3. The molecule has 0 saturated carbocycles. The molecule has 0 aliphatic carbocycles. The molecule has 0 bridgehead atoms. The van der Waals surface area contributed by atoms with Crippen molar-refractivity contribution in [2.24, 2.45) is 0 Å². The SMILES string of the molecule is CC(C)NCCc1nnc(-c2ccc(Br)cn2)s1. The van der Waals surface area contributed by atoms with Gasteiger partial charge in [0.15, 0.2) is 5.01 Å². The lowest BCUT2D eigenvalue weighted by molar-refractivity contribution is 0.588. The Morgan fingerprint density at radius 2 is 2.17 bits per heavy atom. The van der Waals surface area contributed by atoms with Crippen LogP contribution in [0.3, 0.4) is 0 Å². The number of aromatic nitrogens is 3. The first-order valence-corrected chi connectivity index (χ1v) is 7.44. The molecule has 1 N–H and O–H groups in total. The zero-order valence-electron chi connectivity index (χ0n) is 10.4. The smallest absolute Gasteiger partial charge is 0.166 e. The molecule has 6 heteroatoms. The Labute approximate surface area is 119 Å². The van der Waals surface area contributed by atoms with E-state index >= 15 is 0 Å². The lowest BCUT2D eigenvalue weighted by Gasteiger charge is -2.04. The second kappa shape index (κ2) is 6.36. The van der Waals surface area contributed by atoms with E-state index in [1.165, 1.54) is 0 Å². The van der Waals surface area contributed by atoms with Crippen LogP contribution in [-0.2, 0) is 6.42 Å². The average Bonchev–Trinajstić information content (AvgIpc) is 2.78. The minimum atomic E-state index is 0.505. The average molecular weight is 327 g/mol. The largest absolute Gasteiger partial charge is 0.314 e. The van der Waals surface area contributed by atoms with Crippen molar-refractivity contribution in [2.45, 2.75) is 26.3 Å². The van der Waals surface area contributed by atoms with Crippen molar-refractivity contribution in [1.29, 1.82) is 0 Å². The molecule has 0 spiro atoms. The van der Waals surface area contributed by atoms with Crippen LogP contribution in [0.1, 0.15) is 18.9 Å². The Morgan fingerprint density at radius 3 is 2.83 bits per heavy atom. The highest BCUT2D eigenvalue weighted by atomic mass is 79.9. The summed E-state index contributed by atoms with van der Waals surface area (Å²) < 4.78 is 0.970. The Morgan fingerprint density at radius 1 is 1.33 bits per heavy atom. The lowest BCUT2D eigenvalue weighted by Crippen LogP contribution is -2.24. The fourth-order valence-corrected chi connectivity index (χ4v) is 2.48. The third-order valence-electron chi connectivity index (χ3n) is 2.30. The maximum Gasteiger partial charge on any atom is 0.166 e. The van der Waals surface area contributed by atoms with Gasteiger partial charge in [-0.25, -0.2) is 0 Å². The van der Waals surface area contributed by atoms with Gasteiger partial charge in [-0.1, -0.05) is 25.2 Å². The zero-order valence-corrected chi connectivity index (χ0v) is 12.8. The fraction of sp³-hybridized carbons (Fsp3) is 0.417. The molecule has 2 aromatic rings. The van der Waals surface area contributed by atoms with Crippen LogP contribution in [0.15, 0.2) is 22.8 Å². The van der Waals surface area contributed by atoms with Gasteiger partial charge >= 0.3 is 0 Å². The van der Waals surface area contributed by atoms with Crippen molar-refractivity contribution in [3.8, 4) is 10.7 Å². The quantitative estimate of drug-likeness (QED) is 0.917. The second-order valence-corrected chi connectivity index (χ2v) is 6.20. The van der Waals surface area contributed by atoms with Crippen molar-refractivity contribution >= 4 is 27.3 Å². The summed E-state index contributed by atoms with van der Waals surface area (Å²) in [5, 5.41) is 13.7. The molecular weight excluding hydrogens is 312 g/mol. The van der Waals surface area contributed by atoms with Crippen LogP contribution in [0.25, 0.3) is 10.7 Å². The van der Waals surface area contributed by atoms with Gasteiger partial charge in [-0.05, 0) is 28.1 Å². The van der Waals surface area contributed by atoms with Gasteiger partial charge in [0.25, 0.3) is 0 Å². The summed E-state index contributed by atoms with van der Waals surface area (Å²) in [6, 6.07) is 4.41. The molecule has 0 saturated heterocycles. The van der Waals surface area contributed by atoms with Gasteiger partial charge in [0.2, 0.25) is 0 Å². The van der Waals surface area contributed by atoms with E-state index in [0.717, 1.165) is 33.1 Å². The molecule has 2 rings (SSSR count). The number of nitrogens with one attached hydrogen (secondary N) is 1. The van der Waals surface area contributed by atoms with Gasteiger partial charge in [0, 0.05) is 29.7 Å². The minimum absolute atomic E-state index is 0.505. The van der Waals surface area contributed by atoms with Crippen LogP contribution in [0.5, 0.6) is 0 Å². The number of hydrogen-bond donors (Lipinski definition) is 1. The normalized spacial score (nSPS) is 11.1. The number of rotatable bonds is 5. The number of hydrogen-bond acceptors (Lipinski definition) is 5. The van der Waals surface area contributed by atoms with E-state index in [2.05, 4.69) is 50.3 Å². The van der Waals surface area contributed by atoms with E-state index in [-0.39, 0.29) is 0 Å². The molecule has 96 valence electrons. The van der Waals surface area contributed by atoms with E-state index in [1.54, 1.807) is 17.5 Å². The number of halogens is 1. The molecule has 0 amide bonds. The van der Waals surface area contributed by atoms with Crippen LogP contribution < -0.4 is 5.32 Å². The highest BCUT2D eigenvalue weighted by Gasteiger charge is 2.07. The summed E-state index contributed by atoms with van der Waals surface area (Å²) in [6.45, 7) is 5.20. The molecule has 2 heterocycles. The molecule has 0 aromatic carbocycles. The molecule has 0 aliphatic heterocycles. The van der Waals surface area contributed by atoms with Gasteiger partial charge in [0.1, 0.15) is 10.7 Å². The Balaban J connectivity index is 1.99. The van der Waals surface area contributed by atoms with Crippen molar-refractivity contribution in [1.82, 2.24) is 20.5 Å². The summed E-state index contributed by atoms with van der Waals surface area (Å²) >= 11 is 4.97. The fourth-order valence-electron chi connectivity index (χ4n) is 1.43. The predicted octanol–water partition coefficient (Wildman–Crippen LogP) is 2.90. The first-order valence-electron chi connectivity index (χ1n) is 5.83. The van der Waals surface area contributed by atoms with Crippen LogP contribution in [0.4, 0.5) is 0 Å². The first-order chi connectivity index (χ1) is 8.65. The third-order valence-corrected chi connectivity index (χ3v) is 3.78. The second-order valence-electron chi connectivity index (χ2n) is 4.22. The minimum Gasteiger partial charge on any atom is -0.314 e. The summed E-state index contributed by atoms with van der Waals surface area (Å²) in [5.74, 6) is 0. The molecule has 0 aliphatic rings. The van der Waals surface area contributed by atoms with Gasteiger partial charge in [-0.3, -0.25) is 4.98 Å². The van der Waals surface area contributed by atoms with Gasteiger partial charge < -0.3 is 5.32 Å². The number of nitrogens with zero attached hydrogens (tertiary/aromatic N) is 3. The van der Waals surface area contributed by atoms with E-state index in [4.69, 9.17) is 0 Å². The van der Waals surface area contributed by atoms with Crippen molar-refractivity contribution in [3.05, 3.63) is 27.8 Å². The van der Waals surface area contributed by atoms with Gasteiger partial charge in [0.05, 0.1) is 0 Å².